The second-order valence-electron chi connectivity index (χ2n) is 5.91. The van der Waals surface area contributed by atoms with E-state index in [4.69, 9.17) is 14.2 Å². The Morgan fingerprint density at radius 3 is 2.88 bits per heavy atom. The second kappa shape index (κ2) is 7.70. The third kappa shape index (κ3) is 3.45. The van der Waals surface area contributed by atoms with Gasteiger partial charge in [0.05, 0.1) is 20.3 Å². The lowest BCUT2D eigenvalue weighted by Gasteiger charge is -2.17. The van der Waals surface area contributed by atoms with Crippen LogP contribution in [0.1, 0.15) is 6.04 Å². The largest absolute Gasteiger partial charge is 0.467 e. The molecule has 0 amide bonds. The number of hydrogen-bond acceptors (Lipinski definition) is 9. The van der Waals surface area contributed by atoms with Crippen molar-refractivity contribution >= 4 is 17.7 Å². The van der Waals surface area contributed by atoms with E-state index >= 15 is 0 Å². The van der Waals surface area contributed by atoms with Crippen LogP contribution in [0.15, 0.2) is 40.4 Å². The Hall–Kier alpha value is -2.01. The molecule has 2 aromatic rings. The van der Waals surface area contributed by atoms with Crippen molar-refractivity contribution in [1.29, 1.82) is 0 Å². The van der Waals surface area contributed by atoms with Crippen molar-refractivity contribution in [3.8, 4) is 0 Å². The molecular weight excluding hydrogens is 360 g/mol. The van der Waals surface area contributed by atoms with E-state index in [9.17, 15) is 4.79 Å². The van der Waals surface area contributed by atoms with E-state index in [-0.39, 0.29) is 31.0 Å². The van der Waals surface area contributed by atoms with Crippen LogP contribution in [0.2, 0.25) is 0 Å². The SMILES string of the molecule is COC(=O)CO[C@@H]1CO[C@H]2[C@@H]1OC[C@@H]2n1nnnc1Sc1ccccc1. The standard InChI is InChI=1S/C16H18N4O5S/c1-22-13(21)9-23-12-8-25-14-11(7-24-15(12)14)20-16(17-18-19-20)26-10-5-3-2-4-6-10/h2-6,11-12,14-15H,7-9H2,1H3/t11-,12+,14+,15+/m0/s1. The maximum atomic E-state index is 11.3. The van der Waals surface area contributed by atoms with Crippen LogP contribution in [0.4, 0.5) is 0 Å². The van der Waals surface area contributed by atoms with Gasteiger partial charge in [-0.1, -0.05) is 18.2 Å². The molecule has 10 heteroatoms. The molecule has 0 aliphatic carbocycles. The Balaban J connectivity index is 1.44. The van der Waals surface area contributed by atoms with E-state index in [0.717, 1.165) is 4.90 Å². The van der Waals surface area contributed by atoms with Crippen molar-refractivity contribution < 1.29 is 23.7 Å². The van der Waals surface area contributed by atoms with Crippen LogP contribution in [-0.4, -0.2) is 71.4 Å². The van der Waals surface area contributed by atoms with Crippen molar-refractivity contribution in [3.05, 3.63) is 30.3 Å². The summed E-state index contributed by atoms with van der Waals surface area (Å²) in [4.78, 5) is 12.3. The number of fused-ring (bicyclic) bond motifs is 1. The molecule has 0 radical (unpaired) electrons. The summed E-state index contributed by atoms with van der Waals surface area (Å²) in [5.74, 6) is -0.426. The molecule has 0 unspecified atom stereocenters. The summed E-state index contributed by atoms with van der Waals surface area (Å²) >= 11 is 1.48. The Morgan fingerprint density at radius 2 is 2.08 bits per heavy atom. The van der Waals surface area contributed by atoms with Crippen molar-refractivity contribution in [3.63, 3.8) is 0 Å². The van der Waals surface area contributed by atoms with Crippen LogP contribution in [0, 0.1) is 0 Å². The first kappa shape index (κ1) is 17.4. The number of tetrazole rings is 1. The van der Waals surface area contributed by atoms with Crippen LogP contribution in [0.3, 0.4) is 0 Å². The first-order chi connectivity index (χ1) is 12.8. The average Bonchev–Trinajstić information content (AvgIpc) is 3.37. The number of hydrogen-bond donors (Lipinski definition) is 0. The highest BCUT2D eigenvalue weighted by molar-refractivity contribution is 7.99. The van der Waals surface area contributed by atoms with Gasteiger partial charge >= 0.3 is 5.97 Å². The van der Waals surface area contributed by atoms with Crippen molar-refractivity contribution in [1.82, 2.24) is 20.2 Å². The number of esters is 1. The second-order valence-corrected chi connectivity index (χ2v) is 6.95. The molecule has 0 bridgehead atoms. The summed E-state index contributed by atoms with van der Waals surface area (Å²) in [6, 6.07) is 9.75. The maximum Gasteiger partial charge on any atom is 0.331 e. The van der Waals surface area contributed by atoms with Gasteiger partial charge in [0.15, 0.2) is 0 Å². The van der Waals surface area contributed by atoms with E-state index in [0.29, 0.717) is 18.4 Å². The monoisotopic (exact) mass is 378 g/mol. The van der Waals surface area contributed by atoms with Gasteiger partial charge in [-0.3, -0.25) is 0 Å². The number of carbonyl (C=O) groups excluding carboxylic acids is 1. The van der Waals surface area contributed by atoms with Crippen LogP contribution >= 0.6 is 11.8 Å². The van der Waals surface area contributed by atoms with E-state index in [1.807, 2.05) is 30.3 Å². The van der Waals surface area contributed by atoms with Crippen LogP contribution < -0.4 is 0 Å². The third-order valence-electron chi connectivity index (χ3n) is 4.35. The molecule has 2 fully saturated rings. The summed E-state index contributed by atoms with van der Waals surface area (Å²) in [6.45, 7) is 0.648. The Kier molecular flexibility index (Phi) is 5.16. The minimum Gasteiger partial charge on any atom is -0.467 e. The van der Waals surface area contributed by atoms with Gasteiger partial charge < -0.3 is 18.9 Å². The fraction of sp³-hybridized carbons (Fsp3) is 0.500. The van der Waals surface area contributed by atoms with Crippen LogP contribution in [0.5, 0.6) is 0 Å². The number of carbonyl (C=O) groups is 1. The van der Waals surface area contributed by atoms with Gasteiger partial charge in [0, 0.05) is 4.90 Å². The summed E-state index contributed by atoms with van der Waals surface area (Å²) in [5, 5.41) is 12.7. The Bertz CT molecular complexity index is 758. The zero-order valence-corrected chi connectivity index (χ0v) is 14.9. The number of rotatable bonds is 6. The minimum atomic E-state index is -0.426. The summed E-state index contributed by atoms with van der Waals surface area (Å²) < 4.78 is 23.6. The summed E-state index contributed by atoms with van der Waals surface area (Å²) in [7, 11) is 1.32. The van der Waals surface area contributed by atoms with Gasteiger partial charge in [0.1, 0.15) is 31.0 Å². The molecule has 3 heterocycles. The molecule has 138 valence electrons. The quantitative estimate of drug-likeness (QED) is 0.674. The van der Waals surface area contributed by atoms with Gasteiger partial charge in [0.2, 0.25) is 5.16 Å². The highest BCUT2D eigenvalue weighted by atomic mass is 32.2. The van der Waals surface area contributed by atoms with E-state index in [1.165, 1.54) is 18.9 Å². The highest BCUT2D eigenvalue weighted by Crippen LogP contribution is 2.37. The first-order valence-electron chi connectivity index (χ1n) is 8.18. The third-order valence-corrected chi connectivity index (χ3v) is 5.31. The fourth-order valence-corrected chi connectivity index (χ4v) is 3.93. The van der Waals surface area contributed by atoms with Crippen molar-refractivity contribution in [2.45, 2.75) is 34.4 Å². The van der Waals surface area contributed by atoms with Crippen molar-refractivity contribution in [2.75, 3.05) is 26.9 Å². The van der Waals surface area contributed by atoms with Crippen molar-refractivity contribution in [2.24, 2.45) is 0 Å². The molecule has 2 aliphatic heterocycles. The molecule has 1 aromatic carbocycles. The lowest BCUT2D eigenvalue weighted by Crippen LogP contribution is -2.33. The molecule has 9 nitrogen and oxygen atoms in total. The Morgan fingerprint density at radius 1 is 1.27 bits per heavy atom. The average molecular weight is 378 g/mol. The molecule has 26 heavy (non-hydrogen) atoms. The molecule has 0 N–H and O–H groups in total. The Labute approximate surface area is 153 Å². The maximum absolute atomic E-state index is 11.3. The summed E-state index contributed by atoms with van der Waals surface area (Å²) in [5.41, 5.74) is 0. The van der Waals surface area contributed by atoms with E-state index in [2.05, 4.69) is 20.3 Å². The lowest BCUT2D eigenvalue weighted by atomic mass is 10.1. The molecule has 2 saturated heterocycles. The molecule has 4 atom stereocenters. The number of ether oxygens (including phenoxy) is 4. The van der Waals surface area contributed by atoms with Gasteiger partial charge in [-0.05, 0) is 34.3 Å². The molecule has 0 saturated carbocycles. The fourth-order valence-electron chi connectivity index (χ4n) is 3.09. The van der Waals surface area contributed by atoms with Gasteiger partial charge in [-0.25, -0.2) is 9.48 Å². The highest BCUT2D eigenvalue weighted by Gasteiger charge is 2.50. The van der Waals surface area contributed by atoms with Gasteiger partial charge in [-0.15, -0.1) is 5.10 Å². The predicted molar refractivity (Wildman–Crippen MR) is 88.7 cm³/mol. The number of benzene rings is 1. The van der Waals surface area contributed by atoms with E-state index < -0.39 is 5.97 Å². The minimum absolute atomic E-state index is 0.123. The zero-order chi connectivity index (χ0) is 17.9. The molecule has 2 aliphatic rings. The van der Waals surface area contributed by atoms with Crippen LogP contribution in [-0.2, 0) is 23.7 Å². The number of aromatic nitrogens is 4. The zero-order valence-electron chi connectivity index (χ0n) is 14.1. The predicted octanol–water partition coefficient (Wildman–Crippen LogP) is 0.721. The molecule has 1 aromatic heterocycles. The van der Waals surface area contributed by atoms with Gasteiger partial charge in [-0.2, -0.15) is 0 Å². The molecule has 0 spiro atoms. The van der Waals surface area contributed by atoms with Crippen LogP contribution in [0.25, 0.3) is 0 Å². The smallest absolute Gasteiger partial charge is 0.331 e. The normalized spacial score (nSPS) is 27.4. The number of methoxy groups -OCH3 is 1. The lowest BCUT2D eigenvalue weighted by molar-refractivity contribution is -0.150. The molecule has 4 rings (SSSR count). The van der Waals surface area contributed by atoms with E-state index in [1.54, 1.807) is 4.68 Å². The topological polar surface area (TPSA) is 97.6 Å². The molecular formula is C16H18N4O5S. The first-order valence-corrected chi connectivity index (χ1v) is 9.00. The number of nitrogens with zero attached hydrogens (tertiary/aromatic N) is 4. The summed E-state index contributed by atoms with van der Waals surface area (Å²) in [6.07, 6.45) is -0.800. The van der Waals surface area contributed by atoms with Gasteiger partial charge in [0.25, 0.3) is 0 Å².